The summed E-state index contributed by atoms with van der Waals surface area (Å²) in [6.07, 6.45) is 4.08. The molecule has 1 amide bonds. The van der Waals surface area contributed by atoms with Gasteiger partial charge in [0, 0.05) is 36.5 Å². The summed E-state index contributed by atoms with van der Waals surface area (Å²) >= 11 is 0. The molecule has 2 fully saturated rings. The lowest BCUT2D eigenvalue weighted by Crippen LogP contribution is -2.72. The van der Waals surface area contributed by atoms with E-state index in [-0.39, 0.29) is 17.4 Å². The number of nitrogens with one attached hydrogen (secondary N) is 1. The van der Waals surface area contributed by atoms with Crippen LogP contribution in [0.1, 0.15) is 60.3 Å². The molecule has 6 heteroatoms. The summed E-state index contributed by atoms with van der Waals surface area (Å²) in [5.41, 5.74) is 5.86. The number of rotatable bonds is 7. The second-order valence-electron chi connectivity index (χ2n) is 8.99. The molecular weight excluding hydrogens is 326 g/mol. The number of hydrogen-bond acceptors (Lipinski definition) is 3. The summed E-state index contributed by atoms with van der Waals surface area (Å²) < 4.78 is 0. The highest BCUT2D eigenvalue weighted by Crippen LogP contribution is 2.46. The quantitative estimate of drug-likeness (QED) is 0.411. The van der Waals surface area contributed by atoms with E-state index in [0.29, 0.717) is 5.41 Å². The van der Waals surface area contributed by atoms with E-state index in [1.807, 2.05) is 0 Å². The molecule has 2 aliphatic rings. The molecule has 0 radical (unpaired) electrons. The van der Waals surface area contributed by atoms with E-state index in [4.69, 9.17) is 10.7 Å². The van der Waals surface area contributed by atoms with Gasteiger partial charge in [-0.15, -0.1) is 0 Å². The zero-order valence-electron chi connectivity index (χ0n) is 17.5. The first kappa shape index (κ1) is 21.0. The lowest BCUT2D eigenvalue weighted by molar-refractivity contribution is -0.123. The molecule has 6 nitrogen and oxygen atoms in total. The van der Waals surface area contributed by atoms with Crippen molar-refractivity contribution >= 4 is 11.9 Å². The Morgan fingerprint density at radius 3 is 2.35 bits per heavy atom. The van der Waals surface area contributed by atoms with Gasteiger partial charge in [0.2, 0.25) is 5.91 Å². The molecule has 2 saturated heterocycles. The van der Waals surface area contributed by atoms with Gasteiger partial charge >= 0.3 is 0 Å². The van der Waals surface area contributed by atoms with Crippen LogP contribution in [0.2, 0.25) is 0 Å². The van der Waals surface area contributed by atoms with Crippen molar-refractivity contribution in [2.45, 2.75) is 65.8 Å². The number of piperidine rings is 1. The Morgan fingerprint density at radius 1 is 1.19 bits per heavy atom. The number of nitrogens with two attached hydrogens (primary N) is 1. The van der Waals surface area contributed by atoms with Gasteiger partial charge in [0.25, 0.3) is 0 Å². The lowest BCUT2D eigenvalue weighted by Gasteiger charge is -2.62. The van der Waals surface area contributed by atoms with Gasteiger partial charge in [-0.25, -0.2) is 0 Å². The lowest BCUT2D eigenvalue weighted by atomic mass is 9.65. The Bertz CT molecular complexity index is 506. The normalized spacial score (nSPS) is 23.6. The van der Waals surface area contributed by atoms with Crippen LogP contribution in [0.5, 0.6) is 0 Å². The molecule has 0 bridgehead atoms. The second-order valence-corrected chi connectivity index (χ2v) is 8.99. The smallest absolute Gasteiger partial charge is 0.220 e. The summed E-state index contributed by atoms with van der Waals surface area (Å²) in [6, 6.07) is 0. The topological polar surface area (TPSA) is 74.0 Å². The Balaban J connectivity index is 1.72. The van der Waals surface area contributed by atoms with E-state index < -0.39 is 0 Å². The van der Waals surface area contributed by atoms with Crippen molar-refractivity contribution in [3.05, 3.63) is 0 Å². The summed E-state index contributed by atoms with van der Waals surface area (Å²) in [5, 5.41) is 3.46. The molecule has 0 spiro atoms. The number of hydrogen-bond donors (Lipinski definition) is 2. The Kier molecular flexibility index (Phi) is 6.94. The van der Waals surface area contributed by atoms with Crippen molar-refractivity contribution < 1.29 is 4.79 Å². The fourth-order valence-electron chi connectivity index (χ4n) is 3.87. The maximum absolute atomic E-state index is 11.2. The molecule has 0 aromatic carbocycles. The maximum atomic E-state index is 11.2. The van der Waals surface area contributed by atoms with E-state index in [9.17, 15) is 4.79 Å². The molecule has 2 rings (SSSR count). The first-order valence-electron chi connectivity index (χ1n) is 10.3. The minimum Gasteiger partial charge on any atom is -0.369 e. The van der Waals surface area contributed by atoms with Gasteiger partial charge in [-0.2, -0.15) is 0 Å². The number of carbonyl (C=O) groups is 1. The molecule has 2 aliphatic heterocycles. The van der Waals surface area contributed by atoms with Gasteiger partial charge in [0.1, 0.15) is 0 Å². The van der Waals surface area contributed by atoms with Crippen LogP contribution in [0.15, 0.2) is 4.99 Å². The van der Waals surface area contributed by atoms with Crippen LogP contribution in [-0.2, 0) is 4.79 Å². The predicted molar refractivity (Wildman–Crippen MR) is 108 cm³/mol. The number of likely N-dealkylation sites (tertiary alicyclic amines) is 2. The highest BCUT2D eigenvalue weighted by molar-refractivity contribution is 5.82. The molecule has 0 unspecified atom stereocenters. The second kappa shape index (κ2) is 8.59. The van der Waals surface area contributed by atoms with Gasteiger partial charge in [-0.3, -0.25) is 9.79 Å². The number of aliphatic imine (C=N–C) groups is 1. The average Bonchev–Trinajstić information content (AvgIpc) is 2.59. The van der Waals surface area contributed by atoms with E-state index >= 15 is 0 Å². The standard InChI is InChI=1S/C20H39N5O/c1-6-22-18(25-15-19(2,3)20(25,4)5)23-11-7-8-12-24-13-9-16(10-14-24)17(21)26/h16H,6-15H2,1-5H3,(H2,21,26)(H,22,23). The van der Waals surface area contributed by atoms with Gasteiger partial charge in [-0.05, 0) is 66.1 Å². The average molecular weight is 366 g/mol. The van der Waals surface area contributed by atoms with Crippen molar-refractivity contribution in [3.63, 3.8) is 0 Å². The summed E-state index contributed by atoms with van der Waals surface area (Å²) in [4.78, 5) is 21.0. The first-order valence-corrected chi connectivity index (χ1v) is 10.3. The number of nitrogens with zero attached hydrogens (tertiary/aromatic N) is 3. The molecule has 2 heterocycles. The number of primary amides is 1. The van der Waals surface area contributed by atoms with Crippen molar-refractivity contribution in [1.29, 1.82) is 0 Å². The summed E-state index contributed by atoms with van der Waals surface area (Å²) in [7, 11) is 0. The highest BCUT2D eigenvalue weighted by Gasteiger charge is 2.53. The molecule has 150 valence electrons. The van der Waals surface area contributed by atoms with E-state index in [1.54, 1.807) is 0 Å². The van der Waals surface area contributed by atoms with Gasteiger partial charge in [-0.1, -0.05) is 13.8 Å². The predicted octanol–water partition coefficient (Wildman–Crippen LogP) is 2.05. The third-order valence-corrected chi connectivity index (χ3v) is 6.61. The molecular formula is C20H39N5O. The number of carbonyl (C=O) groups excluding carboxylic acids is 1. The van der Waals surface area contributed by atoms with Crippen LogP contribution in [-0.4, -0.2) is 66.5 Å². The molecule has 3 N–H and O–H groups in total. The van der Waals surface area contributed by atoms with E-state index in [2.05, 4.69) is 49.7 Å². The van der Waals surface area contributed by atoms with E-state index in [0.717, 1.165) is 70.9 Å². The molecule has 0 saturated carbocycles. The van der Waals surface area contributed by atoms with Gasteiger partial charge < -0.3 is 20.9 Å². The minimum absolute atomic E-state index is 0.0858. The van der Waals surface area contributed by atoms with Gasteiger partial charge in [0.05, 0.1) is 0 Å². The monoisotopic (exact) mass is 365 g/mol. The molecule has 26 heavy (non-hydrogen) atoms. The van der Waals surface area contributed by atoms with Crippen molar-refractivity contribution in [2.24, 2.45) is 22.1 Å². The number of amides is 1. The summed E-state index contributed by atoms with van der Waals surface area (Å²) in [5.74, 6) is 1.01. The van der Waals surface area contributed by atoms with Gasteiger partial charge in [0.15, 0.2) is 5.96 Å². The zero-order chi connectivity index (χ0) is 19.4. The number of guanidine groups is 1. The minimum atomic E-state index is -0.132. The molecule has 0 aliphatic carbocycles. The fourth-order valence-corrected chi connectivity index (χ4v) is 3.87. The fraction of sp³-hybridized carbons (Fsp3) is 0.900. The molecule has 0 aromatic heterocycles. The van der Waals surface area contributed by atoms with Crippen molar-refractivity contribution in [3.8, 4) is 0 Å². The van der Waals surface area contributed by atoms with Crippen LogP contribution < -0.4 is 11.1 Å². The number of unbranched alkanes of at least 4 members (excludes halogenated alkanes) is 1. The van der Waals surface area contributed by atoms with E-state index in [1.165, 1.54) is 0 Å². The Morgan fingerprint density at radius 2 is 1.85 bits per heavy atom. The largest absolute Gasteiger partial charge is 0.369 e. The zero-order valence-corrected chi connectivity index (χ0v) is 17.5. The van der Waals surface area contributed by atoms with Crippen LogP contribution in [0.4, 0.5) is 0 Å². The highest BCUT2D eigenvalue weighted by atomic mass is 16.1. The van der Waals surface area contributed by atoms with Crippen molar-refractivity contribution in [1.82, 2.24) is 15.1 Å². The van der Waals surface area contributed by atoms with Crippen molar-refractivity contribution in [2.75, 3.05) is 39.3 Å². The Hall–Kier alpha value is -1.30. The third-order valence-electron chi connectivity index (χ3n) is 6.61. The van der Waals surface area contributed by atoms with Crippen LogP contribution >= 0.6 is 0 Å². The van der Waals surface area contributed by atoms with Crippen LogP contribution in [0.3, 0.4) is 0 Å². The first-order chi connectivity index (χ1) is 12.2. The Labute approximate surface area is 159 Å². The van der Waals surface area contributed by atoms with Crippen LogP contribution in [0.25, 0.3) is 0 Å². The van der Waals surface area contributed by atoms with Crippen LogP contribution in [0, 0.1) is 11.3 Å². The SMILES string of the molecule is CCNC(=NCCCCN1CCC(C(N)=O)CC1)N1CC(C)(C)C1(C)C. The summed E-state index contributed by atoms with van der Waals surface area (Å²) in [6.45, 7) is 17.3. The third kappa shape index (κ3) is 4.70. The molecule has 0 atom stereocenters. The maximum Gasteiger partial charge on any atom is 0.220 e. The molecule has 0 aromatic rings.